The minimum atomic E-state index is -1.28. The molecule has 17 nitrogen and oxygen atoms in total. The van der Waals surface area contributed by atoms with Crippen molar-refractivity contribution in [3.63, 3.8) is 0 Å². The number of hydrogen-bond acceptors (Lipinski definition) is 14. The van der Waals surface area contributed by atoms with Crippen molar-refractivity contribution in [3.8, 4) is 21.7 Å². The highest BCUT2D eigenvalue weighted by atomic mass is 32.1. The molecule has 72 heavy (non-hydrogen) atoms. The van der Waals surface area contributed by atoms with E-state index in [1.54, 1.807) is 51.9 Å². The summed E-state index contributed by atoms with van der Waals surface area (Å²) < 4.78 is 0. The van der Waals surface area contributed by atoms with Crippen LogP contribution in [0, 0.1) is 19.3 Å². The van der Waals surface area contributed by atoms with Gasteiger partial charge in [-0.05, 0) is 90.4 Å². The number of nitrogens with one attached hydrogen (secondary N) is 4. The van der Waals surface area contributed by atoms with Crippen molar-refractivity contribution in [2.45, 2.75) is 91.4 Å². The zero-order chi connectivity index (χ0) is 50.9. The molecule has 0 bridgehead atoms. The topological polar surface area (TPSA) is 218 Å². The van der Waals surface area contributed by atoms with Gasteiger partial charge in [0.2, 0.25) is 23.7 Å². The normalized spacial score (nSPS) is 17.2. The van der Waals surface area contributed by atoms with Gasteiger partial charge < -0.3 is 36.4 Å². The van der Waals surface area contributed by atoms with Gasteiger partial charge in [0.25, 0.3) is 5.91 Å². The SMILES string of the molecule is Cc1ccc(NC(=O)c2ccc(CN3CCN(C(=O)CCC(=O)N[C@H](C(O)N4C[C@H](O)C[C@H]4C(=O)NCc4ccc(-c5scnc5C)cc4)C(C)(C)C)CC3)cc2)cc1Nc1nccc(-c2cccnc2)n1. The van der Waals surface area contributed by atoms with Crippen LogP contribution in [0.4, 0.5) is 17.3 Å². The number of amides is 4. The van der Waals surface area contributed by atoms with E-state index in [9.17, 15) is 29.4 Å². The third kappa shape index (κ3) is 13.1. The molecule has 0 saturated carbocycles. The van der Waals surface area contributed by atoms with Gasteiger partial charge in [0.1, 0.15) is 6.23 Å². The van der Waals surface area contributed by atoms with E-state index in [-0.39, 0.29) is 56.0 Å². The van der Waals surface area contributed by atoms with Crippen molar-refractivity contribution in [1.29, 1.82) is 0 Å². The number of benzene rings is 3. The number of aliphatic hydroxyl groups excluding tert-OH is 2. The molecule has 4 atom stereocenters. The van der Waals surface area contributed by atoms with E-state index in [0.29, 0.717) is 49.9 Å². The Balaban J connectivity index is 0.768. The second-order valence-corrected chi connectivity index (χ2v) is 20.4. The quantitative estimate of drug-likeness (QED) is 0.0592. The number of aliphatic hydroxyl groups is 2. The lowest BCUT2D eigenvalue weighted by molar-refractivity contribution is -0.138. The van der Waals surface area contributed by atoms with Gasteiger partial charge in [-0.2, -0.15) is 0 Å². The molecule has 2 fully saturated rings. The van der Waals surface area contributed by atoms with Crippen LogP contribution in [0.25, 0.3) is 21.7 Å². The summed E-state index contributed by atoms with van der Waals surface area (Å²) in [5.74, 6) is -0.649. The van der Waals surface area contributed by atoms with E-state index >= 15 is 0 Å². The van der Waals surface area contributed by atoms with Gasteiger partial charge >= 0.3 is 0 Å². The Hall–Kier alpha value is -6.96. The lowest BCUT2D eigenvalue weighted by atomic mass is 9.84. The van der Waals surface area contributed by atoms with E-state index < -0.39 is 29.8 Å². The van der Waals surface area contributed by atoms with Gasteiger partial charge in [-0.15, -0.1) is 11.3 Å². The lowest BCUT2D eigenvalue weighted by Crippen LogP contribution is -2.60. The van der Waals surface area contributed by atoms with Gasteiger partial charge in [-0.1, -0.05) is 63.2 Å². The van der Waals surface area contributed by atoms with Crippen molar-refractivity contribution < 1.29 is 29.4 Å². The van der Waals surface area contributed by atoms with E-state index in [1.165, 1.54) is 0 Å². The first-order valence-electron chi connectivity index (χ1n) is 24.3. The molecule has 3 aromatic heterocycles. The number of aromatic nitrogens is 4. The third-order valence-electron chi connectivity index (χ3n) is 13.2. The predicted octanol–water partition coefficient (Wildman–Crippen LogP) is 6.30. The molecule has 0 spiro atoms. The van der Waals surface area contributed by atoms with Gasteiger partial charge in [-0.3, -0.25) is 34.0 Å². The number of thiazole rings is 1. The fraction of sp³-hybridized carbons (Fsp3) is 0.370. The van der Waals surface area contributed by atoms with Crippen molar-refractivity contribution >= 4 is 52.3 Å². The Labute approximate surface area is 424 Å². The van der Waals surface area contributed by atoms with Crippen molar-refractivity contribution in [2.24, 2.45) is 5.41 Å². The van der Waals surface area contributed by atoms with Crippen molar-refractivity contribution in [1.82, 2.24) is 45.3 Å². The summed E-state index contributed by atoms with van der Waals surface area (Å²) in [4.78, 5) is 77.8. The van der Waals surface area contributed by atoms with Gasteiger partial charge in [0.05, 0.1) is 40.0 Å². The third-order valence-corrected chi connectivity index (χ3v) is 14.2. The number of pyridine rings is 1. The number of piperazine rings is 1. The summed E-state index contributed by atoms with van der Waals surface area (Å²) in [6, 6.07) is 25.0. The minimum Gasteiger partial charge on any atom is -0.392 e. The largest absolute Gasteiger partial charge is 0.392 e. The molecule has 0 aliphatic carbocycles. The highest BCUT2D eigenvalue weighted by Crippen LogP contribution is 2.31. The van der Waals surface area contributed by atoms with E-state index in [4.69, 9.17) is 0 Å². The zero-order valence-electron chi connectivity index (χ0n) is 41.3. The molecule has 5 heterocycles. The molecule has 1 unspecified atom stereocenters. The smallest absolute Gasteiger partial charge is 0.255 e. The summed E-state index contributed by atoms with van der Waals surface area (Å²) >= 11 is 1.58. The maximum absolute atomic E-state index is 13.6. The average Bonchev–Trinajstić information content (AvgIpc) is 4.00. The maximum atomic E-state index is 13.6. The minimum absolute atomic E-state index is 0.0100. The molecule has 18 heteroatoms. The van der Waals surface area contributed by atoms with Gasteiger partial charge in [-0.25, -0.2) is 15.0 Å². The van der Waals surface area contributed by atoms with Gasteiger partial charge in [0.15, 0.2) is 0 Å². The van der Waals surface area contributed by atoms with E-state index in [1.807, 2.05) is 113 Å². The number of carbonyl (C=O) groups is 4. The molecular formula is C54H63N11O6S. The Bertz CT molecular complexity index is 2830. The predicted molar refractivity (Wildman–Crippen MR) is 278 cm³/mol. The maximum Gasteiger partial charge on any atom is 0.255 e. The molecule has 8 rings (SSSR count). The highest BCUT2D eigenvalue weighted by molar-refractivity contribution is 7.13. The summed E-state index contributed by atoms with van der Waals surface area (Å²) in [7, 11) is 0. The van der Waals surface area contributed by atoms with Crippen LogP contribution in [0.1, 0.15) is 72.8 Å². The second kappa shape index (κ2) is 23.1. The number of β-amino-alcohol motifs (C(OH)–C–C–N with tert-alkyl or cyclic N) is 1. The van der Waals surface area contributed by atoms with Crippen LogP contribution < -0.4 is 21.3 Å². The molecular weight excluding hydrogens is 931 g/mol. The average molecular weight is 994 g/mol. The molecule has 3 aromatic carbocycles. The van der Waals surface area contributed by atoms with Crippen LogP contribution in [0.2, 0.25) is 0 Å². The number of hydrogen-bond donors (Lipinski definition) is 6. The Morgan fingerprint density at radius 2 is 1.61 bits per heavy atom. The number of nitrogens with zero attached hydrogens (tertiary/aromatic N) is 7. The van der Waals surface area contributed by atoms with Crippen LogP contribution in [0.15, 0.2) is 109 Å². The molecule has 6 N–H and O–H groups in total. The second-order valence-electron chi connectivity index (χ2n) is 19.6. The standard InChI is InChI=1S/C54H63N11O6S/c1-34-8-17-41(27-44(34)61-53-56-22-20-43(60-53)40-7-6-21-55-30-40)59-50(69)39-15-11-37(12-16-39)31-63-23-25-64(26-24-63)47(68)19-18-46(67)62-49(54(3,4)5)52(71)65-32-42(66)28-45(65)51(70)57-29-36-9-13-38(14-10-36)48-35(2)58-33-72-48/h6-17,20-22,27,30,33,42,45,49,52,66,71H,18-19,23-26,28-29,31-32H2,1-5H3,(H,57,70)(H,59,69)(H,62,67)(H,56,60,61)/t42-,45+,49-,52?/m1/s1. The fourth-order valence-corrected chi connectivity index (χ4v) is 9.84. The first-order chi connectivity index (χ1) is 34.6. The van der Waals surface area contributed by atoms with E-state index in [2.05, 4.69) is 46.1 Å². The summed E-state index contributed by atoms with van der Waals surface area (Å²) in [6.45, 7) is 12.9. The van der Waals surface area contributed by atoms with Crippen LogP contribution in [-0.4, -0.2) is 126 Å². The number of likely N-dealkylation sites (tertiary alicyclic amines) is 1. The Kier molecular flexibility index (Phi) is 16.5. The molecule has 0 radical (unpaired) electrons. The van der Waals surface area contributed by atoms with Crippen LogP contribution in [0.3, 0.4) is 0 Å². The lowest BCUT2D eigenvalue weighted by Gasteiger charge is -2.40. The summed E-state index contributed by atoms with van der Waals surface area (Å²) in [5.41, 5.74) is 9.61. The monoisotopic (exact) mass is 993 g/mol. The van der Waals surface area contributed by atoms with Crippen LogP contribution in [0.5, 0.6) is 0 Å². The summed E-state index contributed by atoms with van der Waals surface area (Å²) in [5, 5.41) is 34.6. The molecule has 2 aliphatic heterocycles. The molecule has 6 aromatic rings. The number of rotatable bonds is 17. The Morgan fingerprint density at radius 3 is 2.31 bits per heavy atom. The first-order valence-corrected chi connectivity index (χ1v) is 25.2. The zero-order valence-corrected chi connectivity index (χ0v) is 42.2. The number of aryl methyl sites for hydroxylation is 2. The van der Waals surface area contributed by atoms with E-state index in [0.717, 1.165) is 49.8 Å². The fourth-order valence-electron chi connectivity index (χ4n) is 9.03. The molecule has 4 amide bonds. The highest BCUT2D eigenvalue weighted by Gasteiger charge is 2.45. The van der Waals surface area contributed by atoms with Crippen molar-refractivity contribution in [3.05, 3.63) is 137 Å². The van der Waals surface area contributed by atoms with Crippen LogP contribution >= 0.6 is 11.3 Å². The van der Waals surface area contributed by atoms with Crippen molar-refractivity contribution in [2.75, 3.05) is 43.4 Å². The number of anilines is 3. The summed E-state index contributed by atoms with van der Waals surface area (Å²) in [6.07, 6.45) is 3.12. The number of carbonyl (C=O) groups excluding carboxylic acids is 4. The van der Waals surface area contributed by atoms with Crippen LogP contribution in [-0.2, 0) is 27.5 Å². The Morgan fingerprint density at radius 1 is 0.861 bits per heavy atom. The first kappa shape index (κ1) is 51.4. The molecule has 376 valence electrons. The molecule has 2 aliphatic rings. The molecule has 2 saturated heterocycles. The van der Waals surface area contributed by atoms with Gasteiger partial charge in [0, 0.05) is 99.7 Å².